The lowest BCUT2D eigenvalue weighted by Crippen LogP contribution is -2.52. The third-order valence-corrected chi connectivity index (χ3v) is 6.62. The van der Waals surface area contributed by atoms with Crippen LogP contribution in [0.2, 0.25) is 0 Å². The molecule has 3 amide bonds. The Morgan fingerprint density at radius 3 is 2.55 bits per heavy atom. The molecule has 2 unspecified atom stereocenters. The summed E-state index contributed by atoms with van der Waals surface area (Å²) >= 11 is 2.14. The summed E-state index contributed by atoms with van der Waals surface area (Å²) in [5, 5.41) is 2.33. The summed E-state index contributed by atoms with van der Waals surface area (Å²) in [7, 11) is 3.15. The van der Waals surface area contributed by atoms with Crippen LogP contribution in [0.4, 0.5) is 0 Å². The van der Waals surface area contributed by atoms with Crippen molar-refractivity contribution in [2.75, 3.05) is 14.2 Å². The molecule has 1 N–H and O–H groups in total. The van der Waals surface area contributed by atoms with Crippen LogP contribution in [0.15, 0.2) is 36.4 Å². The minimum atomic E-state index is -0.682. The molecule has 2 atom stereocenters. The number of methoxy groups -OCH3 is 2. The van der Waals surface area contributed by atoms with Crippen molar-refractivity contribution < 1.29 is 28.6 Å². The quantitative estimate of drug-likeness (QED) is 0.264. The van der Waals surface area contributed by atoms with Crippen LogP contribution in [-0.2, 0) is 16.2 Å². The predicted molar refractivity (Wildman–Crippen MR) is 119 cm³/mol. The van der Waals surface area contributed by atoms with Gasteiger partial charge in [-0.05, 0) is 36.2 Å². The van der Waals surface area contributed by atoms with Gasteiger partial charge in [-0.2, -0.15) is 0 Å². The number of fused-ring (bicyclic) bond motifs is 1. The highest BCUT2D eigenvalue weighted by atomic mass is 127. The summed E-state index contributed by atoms with van der Waals surface area (Å²) < 4.78 is 16.3. The number of hydrogen-bond donors (Lipinski definition) is 1. The van der Waals surface area contributed by atoms with Gasteiger partial charge in [-0.1, -0.05) is 34.7 Å². The highest BCUT2D eigenvalue weighted by Crippen LogP contribution is 2.45. The molecule has 0 radical (unpaired) electrons. The van der Waals surface area contributed by atoms with Gasteiger partial charge in [-0.25, -0.2) is 0 Å². The fraction of sp³-hybridized carbons (Fsp3) is 0.318. The fourth-order valence-corrected chi connectivity index (χ4v) is 5.15. The molecule has 2 aliphatic rings. The third kappa shape index (κ3) is 3.93. The molecule has 2 aliphatic heterocycles. The van der Waals surface area contributed by atoms with Crippen LogP contribution in [0.25, 0.3) is 0 Å². The lowest BCUT2D eigenvalue weighted by Gasteiger charge is -2.32. The first-order chi connectivity index (χ1) is 14.9. The molecule has 31 heavy (non-hydrogen) atoms. The maximum atomic E-state index is 13.1. The Balaban J connectivity index is 1.57. The van der Waals surface area contributed by atoms with E-state index >= 15 is 0 Å². The van der Waals surface area contributed by atoms with Crippen LogP contribution in [0.3, 0.4) is 0 Å². The van der Waals surface area contributed by atoms with Crippen LogP contribution in [0.1, 0.15) is 38.4 Å². The average Bonchev–Trinajstić information content (AvgIpc) is 3.03. The summed E-state index contributed by atoms with van der Waals surface area (Å²) in [5.74, 6) is 0.828. The van der Waals surface area contributed by atoms with E-state index in [4.69, 9.17) is 14.2 Å². The van der Waals surface area contributed by atoms with Crippen molar-refractivity contribution in [1.29, 1.82) is 0 Å². The molecule has 0 bridgehead atoms. The number of nitrogens with zero attached hydrogens (tertiary/aromatic N) is 1. The van der Waals surface area contributed by atoms with E-state index in [1.807, 2.05) is 24.3 Å². The van der Waals surface area contributed by atoms with Crippen molar-refractivity contribution in [3.63, 3.8) is 0 Å². The lowest BCUT2D eigenvalue weighted by molar-refractivity contribution is -0.136. The number of ether oxygens (including phenoxy) is 3. The van der Waals surface area contributed by atoms with Crippen LogP contribution in [0.5, 0.6) is 17.2 Å². The number of nitrogens with one attached hydrogen (secondary N) is 1. The van der Waals surface area contributed by atoms with Gasteiger partial charge in [0, 0.05) is 17.5 Å². The Bertz CT molecular complexity index is 1060. The van der Waals surface area contributed by atoms with Crippen LogP contribution in [-0.4, -0.2) is 42.9 Å². The smallest absolute Gasteiger partial charge is 0.256 e. The number of hydrogen-bond acceptors (Lipinski definition) is 6. The molecule has 2 aromatic rings. The molecule has 1 fully saturated rings. The van der Waals surface area contributed by atoms with E-state index in [1.165, 1.54) is 4.90 Å². The van der Waals surface area contributed by atoms with Gasteiger partial charge in [0.25, 0.3) is 5.91 Å². The van der Waals surface area contributed by atoms with Gasteiger partial charge < -0.3 is 19.1 Å². The number of rotatable bonds is 6. The Morgan fingerprint density at radius 2 is 1.84 bits per heavy atom. The first kappa shape index (κ1) is 21.4. The largest absolute Gasteiger partial charge is 0.493 e. The Morgan fingerprint density at radius 1 is 1.06 bits per heavy atom. The van der Waals surface area contributed by atoms with Crippen molar-refractivity contribution in [2.45, 2.75) is 29.5 Å². The number of imide groups is 1. The van der Waals surface area contributed by atoms with Gasteiger partial charge in [-0.3, -0.25) is 19.7 Å². The molecular formula is C22H21IN2O6. The number of alkyl halides is 1. The topological polar surface area (TPSA) is 94.2 Å². The molecule has 2 aromatic carbocycles. The Labute approximate surface area is 193 Å². The summed E-state index contributed by atoms with van der Waals surface area (Å²) in [6.07, 6.45) is 0.522. The molecule has 0 saturated carbocycles. The molecule has 162 valence electrons. The highest BCUT2D eigenvalue weighted by Gasteiger charge is 2.45. The van der Waals surface area contributed by atoms with E-state index in [2.05, 4.69) is 27.9 Å². The number of piperidine rings is 1. The van der Waals surface area contributed by atoms with Gasteiger partial charge in [0.2, 0.25) is 11.8 Å². The molecule has 0 aromatic heterocycles. The minimum absolute atomic E-state index is 0.211. The SMILES string of the molecule is COc1ccc(COc2cccc3c2C(I)N(C2CCC(=O)NC2=O)C3=O)cc1OC. The number of benzene rings is 2. The maximum Gasteiger partial charge on any atom is 0.256 e. The van der Waals surface area contributed by atoms with Crippen molar-refractivity contribution in [3.8, 4) is 17.2 Å². The Hall–Kier alpha value is -2.82. The van der Waals surface area contributed by atoms with Gasteiger partial charge >= 0.3 is 0 Å². The van der Waals surface area contributed by atoms with Gasteiger partial charge in [0.15, 0.2) is 11.5 Å². The molecule has 9 heteroatoms. The van der Waals surface area contributed by atoms with E-state index in [-0.39, 0.29) is 28.9 Å². The maximum absolute atomic E-state index is 13.1. The zero-order valence-electron chi connectivity index (χ0n) is 17.0. The van der Waals surface area contributed by atoms with Crippen LogP contribution >= 0.6 is 22.6 Å². The number of carbonyl (C=O) groups excluding carboxylic acids is 3. The number of halogens is 1. The van der Waals surface area contributed by atoms with Crippen molar-refractivity contribution in [1.82, 2.24) is 10.2 Å². The molecule has 4 rings (SSSR count). The summed E-state index contributed by atoms with van der Waals surface area (Å²) in [6.45, 7) is 0.271. The monoisotopic (exact) mass is 536 g/mol. The second kappa shape index (κ2) is 8.74. The zero-order valence-corrected chi connectivity index (χ0v) is 19.2. The number of carbonyl (C=O) groups is 3. The predicted octanol–water partition coefficient (Wildman–Crippen LogP) is 2.98. The second-order valence-electron chi connectivity index (χ2n) is 7.21. The van der Waals surface area contributed by atoms with E-state index < -0.39 is 11.9 Å². The third-order valence-electron chi connectivity index (χ3n) is 5.40. The fourth-order valence-electron chi connectivity index (χ4n) is 3.86. The van der Waals surface area contributed by atoms with Crippen molar-refractivity contribution in [2.24, 2.45) is 0 Å². The first-order valence-electron chi connectivity index (χ1n) is 9.71. The second-order valence-corrected chi connectivity index (χ2v) is 8.39. The molecular weight excluding hydrogens is 515 g/mol. The van der Waals surface area contributed by atoms with Crippen LogP contribution < -0.4 is 19.5 Å². The van der Waals surface area contributed by atoms with E-state index in [0.717, 1.165) is 11.1 Å². The normalized spacial score (nSPS) is 20.4. The summed E-state index contributed by atoms with van der Waals surface area (Å²) in [4.78, 5) is 38.5. The zero-order chi connectivity index (χ0) is 22.1. The standard InChI is InChI=1S/C22H21IN2O6/c1-29-15-8-6-12(10-17(15)30-2)11-31-16-5-3-4-13-19(16)20(23)25(22(13)28)14-7-9-18(26)24-21(14)27/h3-6,8,10,14,20H,7,9,11H2,1-2H3,(H,24,26,27). The molecule has 0 spiro atoms. The Kier molecular flexibility index (Phi) is 6.03. The van der Waals surface area contributed by atoms with Gasteiger partial charge in [-0.15, -0.1) is 0 Å². The first-order valence-corrected chi connectivity index (χ1v) is 11.0. The summed E-state index contributed by atoms with van der Waals surface area (Å²) in [6, 6.07) is 10.2. The molecule has 2 heterocycles. The van der Waals surface area contributed by atoms with Crippen LogP contribution in [0, 0.1) is 0 Å². The minimum Gasteiger partial charge on any atom is -0.493 e. The average molecular weight is 536 g/mol. The van der Waals surface area contributed by atoms with E-state index in [9.17, 15) is 14.4 Å². The molecule has 8 nitrogen and oxygen atoms in total. The molecule has 0 aliphatic carbocycles. The highest BCUT2D eigenvalue weighted by molar-refractivity contribution is 14.1. The van der Waals surface area contributed by atoms with E-state index in [0.29, 0.717) is 29.2 Å². The van der Waals surface area contributed by atoms with Crippen molar-refractivity contribution in [3.05, 3.63) is 53.1 Å². The van der Waals surface area contributed by atoms with Crippen molar-refractivity contribution >= 4 is 40.3 Å². The van der Waals surface area contributed by atoms with Gasteiger partial charge in [0.05, 0.1) is 14.2 Å². The van der Waals surface area contributed by atoms with E-state index in [1.54, 1.807) is 26.4 Å². The lowest BCUT2D eigenvalue weighted by atomic mass is 10.0. The summed E-state index contributed by atoms with van der Waals surface area (Å²) in [5.41, 5.74) is 2.12. The number of amides is 3. The van der Waals surface area contributed by atoms with Gasteiger partial charge in [0.1, 0.15) is 22.4 Å². The molecule has 1 saturated heterocycles.